The number of benzene rings is 1. The molecular weight excluding hydrogens is 583 g/mol. The first-order chi connectivity index (χ1) is 20.9. The number of rotatable bonds is 10. The van der Waals surface area contributed by atoms with Gasteiger partial charge < -0.3 is 29.1 Å². The number of fused-ring (bicyclic) bond motifs is 6. The van der Waals surface area contributed by atoms with Gasteiger partial charge in [0.15, 0.2) is 12.1 Å². The molecule has 3 saturated carbocycles. The van der Waals surface area contributed by atoms with E-state index in [1.165, 1.54) is 5.57 Å². The number of aromatic nitrogens is 2. The van der Waals surface area contributed by atoms with Crippen LogP contribution >= 0.6 is 7.60 Å². The average Bonchev–Trinajstić information content (AvgIpc) is 3.51. The van der Waals surface area contributed by atoms with Crippen molar-refractivity contribution in [1.82, 2.24) is 9.78 Å². The van der Waals surface area contributed by atoms with Crippen molar-refractivity contribution in [3.63, 3.8) is 0 Å². The minimum absolute atomic E-state index is 0.00411. The number of aliphatic hydroxyl groups is 3. The maximum atomic E-state index is 12.7. The average molecular weight is 629 g/mol. The lowest BCUT2D eigenvalue weighted by Crippen LogP contribution is -2.62. The Hall–Kier alpha value is -2.33. The summed E-state index contributed by atoms with van der Waals surface area (Å²) in [5, 5.41) is 37.6. The molecule has 11 heteroatoms. The number of Topliss-reactive ketones (excluding diaryl/α,β-unsaturated/α-hetero) is 1. The van der Waals surface area contributed by atoms with E-state index in [0.717, 1.165) is 42.6 Å². The first kappa shape index (κ1) is 31.6. The zero-order chi connectivity index (χ0) is 31.5. The minimum Gasteiger partial charge on any atom is -0.481 e. The highest BCUT2D eigenvalue weighted by molar-refractivity contribution is 7.53. The molecular formula is C33H45N2O8P. The molecule has 4 aliphatic carbocycles. The third-order valence-corrected chi connectivity index (χ3v) is 13.1. The van der Waals surface area contributed by atoms with Crippen LogP contribution in [0.5, 0.6) is 5.75 Å². The number of allylic oxidation sites excluding steroid dienone is 1. The van der Waals surface area contributed by atoms with Gasteiger partial charge in [-0.05, 0) is 111 Å². The van der Waals surface area contributed by atoms with Gasteiger partial charge in [0.1, 0.15) is 18.0 Å². The summed E-state index contributed by atoms with van der Waals surface area (Å²) >= 11 is 0. The molecule has 0 aliphatic heterocycles. The van der Waals surface area contributed by atoms with Gasteiger partial charge in [-0.15, -0.1) is 0 Å². The molecule has 0 saturated heterocycles. The second-order valence-electron chi connectivity index (χ2n) is 13.4. The Labute approximate surface area is 258 Å². The molecule has 6 rings (SSSR count). The molecule has 4 aliphatic rings. The fraction of sp³-hybridized carbons (Fsp3) is 0.636. The molecule has 2 aromatic rings. The van der Waals surface area contributed by atoms with Crippen LogP contribution in [0.25, 0.3) is 11.8 Å². The maximum absolute atomic E-state index is 12.7. The molecule has 240 valence electrons. The summed E-state index contributed by atoms with van der Waals surface area (Å²) in [6, 6.07) is 7.46. The van der Waals surface area contributed by atoms with Gasteiger partial charge in [0, 0.05) is 5.41 Å². The van der Waals surface area contributed by atoms with Crippen molar-refractivity contribution >= 4 is 19.5 Å². The second-order valence-corrected chi connectivity index (χ2v) is 15.4. The normalized spacial score (nSPS) is 34.4. The van der Waals surface area contributed by atoms with E-state index in [0.29, 0.717) is 18.6 Å². The standard InChI is InChI=1S/C33H45N2O8P/c1-5-42-44(40,43-6-2)20-41-24-10-8-23(9-11-24)35-27-15-22-7-12-25-26-13-14-33(39,29(38)19-36)32(26,4)17-28(37)30(25)31(22,3)16-21(27)18-34-35/h8-11,15,18,25-26,28,30,36-37,39H,5-7,12-14,16-17,19-20H2,1-4H3/t25?,26?,28-,30?,31-,32-,33-/m0/s1. The molecule has 0 amide bonds. The van der Waals surface area contributed by atoms with Gasteiger partial charge in [-0.1, -0.05) is 19.4 Å². The van der Waals surface area contributed by atoms with Gasteiger partial charge in [-0.2, -0.15) is 5.10 Å². The molecule has 44 heavy (non-hydrogen) atoms. The van der Waals surface area contributed by atoms with Crippen LogP contribution in [0.3, 0.4) is 0 Å². The Balaban J connectivity index is 1.23. The molecule has 3 unspecified atom stereocenters. The zero-order valence-corrected chi connectivity index (χ0v) is 27.0. The summed E-state index contributed by atoms with van der Waals surface area (Å²) in [4.78, 5) is 12.7. The van der Waals surface area contributed by atoms with E-state index in [1.54, 1.807) is 13.8 Å². The van der Waals surface area contributed by atoms with E-state index < -0.39 is 37.1 Å². The van der Waals surface area contributed by atoms with Crippen molar-refractivity contribution < 1.29 is 38.5 Å². The Morgan fingerprint density at radius 3 is 2.50 bits per heavy atom. The third-order valence-electron chi connectivity index (χ3n) is 11.3. The topological polar surface area (TPSA) is 140 Å². The van der Waals surface area contributed by atoms with Crippen LogP contribution in [0.15, 0.2) is 36.0 Å². The molecule has 1 aromatic carbocycles. The minimum atomic E-state index is -3.32. The Morgan fingerprint density at radius 2 is 1.84 bits per heavy atom. The molecule has 0 spiro atoms. The largest absolute Gasteiger partial charge is 0.481 e. The molecule has 3 fully saturated rings. The lowest BCUT2D eigenvalue weighted by atomic mass is 9.45. The second kappa shape index (κ2) is 11.5. The van der Waals surface area contributed by atoms with Gasteiger partial charge in [0.2, 0.25) is 0 Å². The third kappa shape index (κ3) is 4.84. The van der Waals surface area contributed by atoms with Gasteiger partial charge in [-0.3, -0.25) is 9.36 Å². The zero-order valence-electron chi connectivity index (χ0n) is 26.1. The van der Waals surface area contributed by atoms with Crippen LogP contribution in [0.1, 0.15) is 71.1 Å². The number of carbonyl (C=O) groups is 1. The predicted octanol–water partition coefficient (Wildman–Crippen LogP) is 4.92. The summed E-state index contributed by atoms with van der Waals surface area (Å²) in [6.07, 6.45) is 7.23. The molecule has 3 N–H and O–H groups in total. The van der Waals surface area contributed by atoms with E-state index in [4.69, 9.17) is 18.9 Å². The maximum Gasteiger partial charge on any atom is 0.367 e. The van der Waals surface area contributed by atoms with Crippen LogP contribution < -0.4 is 4.74 Å². The molecule has 0 bridgehead atoms. The highest BCUT2D eigenvalue weighted by atomic mass is 31.2. The van der Waals surface area contributed by atoms with E-state index in [-0.39, 0.29) is 42.7 Å². The summed E-state index contributed by atoms with van der Waals surface area (Å²) in [5.41, 5.74) is 1.71. The predicted molar refractivity (Wildman–Crippen MR) is 164 cm³/mol. The number of aliphatic hydroxyl groups excluding tert-OH is 2. The Bertz CT molecular complexity index is 1480. The van der Waals surface area contributed by atoms with Gasteiger partial charge in [0.25, 0.3) is 0 Å². The van der Waals surface area contributed by atoms with Gasteiger partial charge in [-0.25, -0.2) is 4.68 Å². The summed E-state index contributed by atoms with van der Waals surface area (Å²) < 4.78 is 31.1. The Kier molecular flexibility index (Phi) is 8.26. The van der Waals surface area contributed by atoms with Crippen molar-refractivity contribution in [2.45, 2.75) is 77.9 Å². The van der Waals surface area contributed by atoms with E-state index in [2.05, 4.69) is 13.0 Å². The number of nitrogens with zero attached hydrogens (tertiary/aromatic N) is 2. The van der Waals surface area contributed by atoms with E-state index >= 15 is 0 Å². The summed E-state index contributed by atoms with van der Waals surface area (Å²) in [7, 11) is -3.32. The van der Waals surface area contributed by atoms with Crippen LogP contribution in [-0.2, 0) is 24.8 Å². The number of ether oxygens (including phenoxy) is 1. The van der Waals surface area contributed by atoms with Crippen LogP contribution in [0.4, 0.5) is 0 Å². The highest BCUT2D eigenvalue weighted by Crippen LogP contribution is 2.67. The lowest BCUT2D eigenvalue weighted by molar-refractivity contribution is -0.181. The first-order valence-corrected chi connectivity index (χ1v) is 17.6. The summed E-state index contributed by atoms with van der Waals surface area (Å²) in [6.45, 7) is 7.60. The highest BCUT2D eigenvalue weighted by Gasteiger charge is 2.68. The van der Waals surface area contributed by atoms with Crippen molar-refractivity contribution in [2.24, 2.45) is 28.6 Å². The van der Waals surface area contributed by atoms with Crippen molar-refractivity contribution in [3.8, 4) is 11.4 Å². The molecule has 0 radical (unpaired) electrons. The number of hydrogen-bond donors (Lipinski definition) is 3. The van der Waals surface area contributed by atoms with Gasteiger partial charge in [0.05, 0.1) is 36.9 Å². The molecule has 7 atom stereocenters. The molecule has 1 heterocycles. The van der Waals surface area contributed by atoms with Crippen LogP contribution in [0.2, 0.25) is 0 Å². The molecule has 1 aromatic heterocycles. The number of carbonyl (C=O) groups excluding carboxylic acids is 1. The molecule has 10 nitrogen and oxygen atoms in total. The monoisotopic (exact) mass is 628 g/mol. The van der Waals surface area contributed by atoms with Crippen LogP contribution in [0, 0.1) is 28.6 Å². The fourth-order valence-electron chi connectivity index (χ4n) is 9.33. The van der Waals surface area contributed by atoms with Crippen molar-refractivity contribution in [2.75, 3.05) is 26.2 Å². The Morgan fingerprint density at radius 1 is 1.14 bits per heavy atom. The quantitative estimate of drug-likeness (QED) is 0.313. The van der Waals surface area contributed by atoms with Gasteiger partial charge >= 0.3 is 7.60 Å². The summed E-state index contributed by atoms with van der Waals surface area (Å²) in [5.74, 6) is 0.314. The fourth-order valence-corrected chi connectivity index (χ4v) is 10.6. The lowest BCUT2D eigenvalue weighted by Gasteiger charge is -2.60. The smallest absolute Gasteiger partial charge is 0.367 e. The SMILES string of the molecule is CCOP(=O)(COc1ccc(-n2ncc3c2C=C2CCC4C([C@@H](O)C[C@@]5(C)C4CC[C@]5(O)C(=O)CO)[C@@]2(C)C3)cc1)OCC. The van der Waals surface area contributed by atoms with E-state index in [1.807, 2.05) is 42.1 Å². The first-order valence-electron chi connectivity index (χ1n) is 15.9. The van der Waals surface area contributed by atoms with Crippen LogP contribution in [-0.4, -0.2) is 68.8 Å². The van der Waals surface area contributed by atoms with E-state index in [9.17, 15) is 24.7 Å². The number of hydrogen-bond acceptors (Lipinski definition) is 9. The van der Waals surface area contributed by atoms with Crippen molar-refractivity contribution in [3.05, 3.63) is 47.3 Å². The van der Waals surface area contributed by atoms with Crippen molar-refractivity contribution in [1.29, 1.82) is 0 Å². The number of ketones is 1.